The Hall–Kier alpha value is -1.50. The van der Waals surface area contributed by atoms with Gasteiger partial charge in [0.15, 0.2) is 0 Å². The Labute approximate surface area is 140 Å². The monoisotopic (exact) mass is 354 g/mol. The molecular formula is C14H12Cl2N4OS. The van der Waals surface area contributed by atoms with Crippen molar-refractivity contribution in [3.8, 4) is 0 Å². The van der Waals surface area contributed by atoms with Gasteiger partial charge in [-0.25, -0.2) is 4.98 Å². The molecule has 3 heterocycles. The number of hydrogen-bond donors (Lipinski definition) is 0. The Morgan fingerprint density at radius 1 is 1.27 bits per heavy atom. The van der Waals surface area contributed by atoms with Gasteiger partial charge in [-0.3, -0.25) is 4.79 Å². The number of pyridine rings is 1. The molecule has 114 valence electrons. The lowest BCUT2D eigenvalue weighted by molar-refractivity contribution is 0.731. The van der Waals surface area contributed by atoms with E-state index in [1.807, 2.05) is 23.8 Å². The highest BCUT2D eigenvalue weighted by Crippen LogP contribution is 2.21. The summed E-state index contributed by atoms with van der Waals surface area (Å²) in [4.78, 5) is 16.1. The van der Waals surface area contributed by atoms with Gasteiger partial charge in [-0.15, -0.1) is 11.8 Å². The van der Waals surface area contributed by atoms with Gasteiger partial charge in [0.05, 0.1) is 11.6 Å². The number of thioether (sulfide) groups is 1. The maximum atomic E-state index is 12.1. The molecule has 3 aromatic rings. The summed E-state index contributed by atoms with van der Waals surface area (Å²) in [5.41, 5.74) is 2.34. The lowest BCUT2D eigenvalue weighted by Crippen LogP contribution is -2.20. The molecule has 0 fully saturated rings. The van der Waals surface area contributed by atoms with E-state index in [0.717, 1.165) is 21.9 Å². The Morgan fingerprint density at radius 2 is 2.05 bits per heavy atom. The molecule has 3 rings (SSSR count). The molecule has 0 aromatic carbocycles. The first kappa shape index (κ1) is 15.4. The van der Waals surface area contributed by atoms with Gasteiger partial charge in [0.25, 0.3) is 5.56 Å². The van der Waals surface area contributed by atoms with E-state index >= 15 is 0 Å². The minimum absolute atomic E-state index is 0.142. The van der Waals surface area contributed by atoms with Gasteiger partial charge in [0.2, 0.25) is 0 Å². The highest BCUT2D eigenvalue weighted by molar-refractivity contribution is 7.98. The predicted molar refractivity (Wildman–Crippen MR) is 89.3 cm³/mol. The van der Waals surface area contributed by atoms with Crippen LogP contribution in [0.2, 0.25) is 10.2 Å². The van der Waals surface area contributed by atoms with Crippen molar-refractivity contribution in [2.24, 2.45) is 0 Å². The molecule has 0 unspecified atom stereocenters. The van der Waals surface area contributed by atoms with Crippen molar-refractivity contribution in [3.05, 3.63) is 56.2 Å². The zero-order chi connectivity index (χ0) is 15.9. The average Bonchev–Trinajstić information content (AvgIpc) is 2.92. The SMILES string of the molecule is CSc1cc2n(Cc3cnc(Cl)c(Cl)c3)c(C)cc(=O)n2n1. The molecule has 0 bridgehead atoms. The maximum absolute atomic E-state index is 12.1. The fourth-order valence-corrected chi connectivity index (χ4v) is 2.92. The largest absolute Gasteiger partial charge is 0.326 e. The summed E-state index contributed by atoms with van der Waals surface area (Å²) in [6, 6.07) is 5.23. The standard InChI is InChI=1S/C14H12Cl2N4OS/c1-8-3-13(21)20-12(5-11(18-20)22-2)19(8)7-9-4-10(15)14(16)17-6-9/h3-6H,7H2,1-2H3. The normalized spacial score (nSPS) is 11.3. The van der Waals surface area contributed by atoms with Crippen LogP contribution < -0.4 is 5.56 Å². The van der Waals surface area contributed by atoms with Gasteiger partial charge in [0, 0.05) is 24.0 Å². The lowest BCUT2D eigenvalue weighted by atomic mass is 10.2. The molecule has 0 spiro atoms. The summed E-state index contributed by atoms with van der Waals surface area (Å²) in [5.74, 6) is 0. The third-order valence-electron chi connectivity index (χ3n) is 3.31. The summed E-state index contributed by atoms with van der Waals surface area (Å²) < 4.78 is 3.40. The molecule has 0 aliphatic rings. The fourth-order valence-electron chi connectivity index (χ4n) is 2.24. The third-order valence-corrected chi connectivity index (χ3v) is 4.62. The van der Waals surface area contributed by atoms with Crippen LogP contribution >= 0.6 is 35.0 Å². The highest BCUT2D eigenvalue weighted by atomic mass is 35.5. The summed E-state index contributed by atoms with van der Waals surface area (Å²) in [5, 5.41) is 5.77. The Bertz CT molecular complexity index is 919. The molecule has 0 aliphatic carbocycles. The van der Waals surface area contributed by atoms with Crippen LogP contribution in [0.15, 0.2) is 34.2 Å². The van der Waals surface area contributed by atoms with E-state index in [4.69, 9.17) is 23.2 Å². The summed E-state index contributed by atoms with van der Waals surface area (Å²) in [6.07, 6.45) is 3.60. The number of fused-ring (bicyclic) bond motifs is 1. The van der Waals surface area contributed by atoms with Crippen LogP contribution in [-0.4, -0.2) is 25.4 Å². The topological polar surface area (TPSA) is 52.2 Å². The van der Waals surface area contributed by atoms with Crippen molar-refractivity contribution in [3.63, 3.8) is 0 Å². The quantitative estimate of drug-likeness (QED) is 0.535. The van der Waals surface area contributed by atoms with Gasteiger partial charge in [-0.2, -0.15) is 9.61 Å². The first-order valence-corrected chi connectivity index (χ1v) is 8.42. The van der Waals surface area contributed by atoms with Crippen molar-refractivity contribution >= 4 is 40.6 Å². The van der Waals surface area contributed by atoms with Crippen LogP contribution in [0.25, 0.3) is 5.65 Å². The predicted octanol–water partition coefficient (Wildman–Crippen LogP) is 3.28. The fraction of sp³-hybridized carbons (Fsp3) is 0.214. The van der Waals surface area contributed by atoms with Crippen molar-refractivity contribution in [2.75, 3.05) is 6.26 Å². The molecule has 5 nitrogen and oxygen atoms in total. The van der Waals surface area contributed by atoms with Crippen LogP contribution in [0.3, 0.4) is 0 Å². The van der Waals surface area contributed by atoms with Crippen LogP contribution in [0.1, 0.15) is 11.3 Å². The molecule has 0 aliphatic heterocycles. The highest BCUT2D eigenvalue weighted by Gasteiger charge is 2.11. The molecule has 0 amide bonds. The Balaban J connectivity index is 2.15. The number of aryl methyl sites for hydroxylation is 1. The molecule has 3 aromatic heterocycles. The van der Waals surface area contributed by atoms with Crippen LogP contribution in [0.4, 0.5) is 0 Å². The number of rotatable bonds is 3. The van der Waals surface area contributed by atoms with Gasteiger partial charge in [-0.1, -0.05) is 23.2 Å². The van der Waals surface area contributed by atoms with Crippen molar-refractivity contribution < 1.29 is 0 Å². The molecule has 8 heteroatoms. The summed E-state index contributed by atoms with van der Waals surface area (Å²) in [6.45, 7) is 2.41. The third kappa shape index (κ3) is 2.74. The molecule has 0 N–H and O–H groups in total. The van der Waals surface area contributed by atoms with E-state index in [1.54, 1.807) is 18.3 Å². The van der Waals surface area contributed by atoms with E-state index in [2.05, 4.69) is 10.1 Å². The van der Waals surface area contributed by atoms with Gasteiger partial charge in [-0.05, 0) is 24.8 Å². The van der Waals surface area contributed by atoms with Crippen molar-refractivity contribution in [1.29, 1.82) is 0 Å². The molecule has 0 atom stereocenters. The molecule has 0 saturated carbocycles. The van der Waals surface area contributed by atoms with Crippen LogP contribution in [0, 0.1) is 6.92 Å². The smallest absolute Gasteiger partial charge is 0.274 e. The second kappa shape index (κ2) is 5.95. The van der Waals surface area contributed by atoms with Crippen molar-refractivity contribution in [2.45, 2.75) is 18.5 Å². The second-order valence-electron chi connectivity index (χ2n) is 4.78. The maximum Gasteiger partial charge on any atom is 0.274 e. The zero-order valence-corrected chi connectivity index (χ0v) is 14.2. The first-order chi connectivity index (χ1) is 10.5. The molecule has 22 heavy (non-hydrogen) atoms. The average molecular weight is 355 g/mol. The number of nitrogens with zero attached hydrogens (tertiary/aromatic N) is 4. The van der Waals surface area contributed by atoms with E-state index in [1.165, 1.54) is 16.3 Å². The van der Waals surface area contributed by atoms with E-state index in [0.29, 0.717) is 11.6 Å². The summed E-state index contributed by atoms with van der Waals surface area (Å²) >= 11 is 13.4. The van der Waals surface area contributed by atoms with E-state index < -0.39 is 0 Å². The number of aromatic nitrogens is 4. The van der Waals surface area contributed by atoms with Gasteiger partial charge < -0.3 is 4.57 Å². The molecular weight excluding hydrogens is 343 g/mol. The van der Waals surface area contributed by atoms with Gasteiger partial charge in [0.1, 0.15) is 15.8 Å². The van der Waals surface area contributed by atoms with E-state index in [-0.39, 0.29) is 10.7 Å². The number of halogens is 2. The zero-order valence-electron chi connectivity index (χ0n) is 11.9. The number of hydrogen-bond acceptors (Lipinski definition) is 4. The lowest BCUT2D eigenvalue weighted by Gasteiger charge is -2.12. The Kier molecular flexibility index (Phi) is 4.16. The minimum atomic E-state index is -0.142. The van der Waals surface area contributed by atoms with Crippen molar-refractivity contribution in [1.82, 2.24) is 19.2 Å². The molecule has 0 radical (unpaired) electrons. The molecule has 0 saturated heterocycles. The second-order valence-corrected chi connectivity index (χ2v) is 6.37. The minimum Gasteiger partial charge on any atom is -0.326 e. The Morgan fingerprint density at radius 3 is 2.73 bits per heavy atom. The summed E-state index contributed by atoms with van der Waals surface area (Å²) in [7, 11) is 0. The first-order valence-electron chi connectivity index (χ1n) is 6.43. The van der Waals surface area contributed by atoms with E-state index in [9.17, 15) is 4.79 Å². The van der Waals surface area contributed by atoms with Crippen LogP contribution in [0.5, 0.6) is 0 Å². The van der Waals surface area contributed by atoms with Gasteiger partial charge >= 0.3 is 0 Å². The van der Waals surface area contributed by atoms with Crippen LogP contribution in [-0.2, 0) is 6.54 Å².